The number of methoxy groups -OCH3 is 1. The van der Waals surface area contributed by atoms with Crippen LogP contribution in [0.1, 0.15) is 35.7 Å². The highest BCUT2D eigenvalue weighted by molar-refractivity contribution is 6.03. The molecule has 0 amide bonds. The second kappa shape index (κ2) is 5.19. The number of carbonyl (C=O) groups excluding carboxylic acids is 2. The lowest BCUT2D eigenvalue weighted by molar-refractivity contribution is -0.148. The van der Waals surface area contributed by atoms with E-state index >= 15 is 0 Å². The van der Waals surface area contributed by atoms with E-state index < -0.39 is 17.2 Å². The number of Topliss-reactive ketones (excluding diaryl/α,β-unsaturated/α-hetero) is 1. The van der Waals surface area contributed by atoms with Crippen molar-refractivity contribution in [1.29, 1.82) is 0 Å². The first kappa shape index (κ1) is 14.4. The standard InChI is InChI=1S/C16H17FO3/c1-4-7-16(15(19)20-3)9-10(2)14(18)12-6-5-11(17)8-13(12)16/h4-6,8,10H,1,7,9H2,2-3H3/t10-,16+/m1/s1. The van der Waals surface area contributed by atoms with Crippen LogP contribution in [0.4, 0.5) is 4.39 Å². The van der Waals surface area contributed by atoms with Crippen molar-refractivity contribution in [2.24, 2.45) is 5.92 Å². The van der Waals surface area contributed by atoms with Gasteiger partial charge in [0.2, 0.25) is 0 Å². The maximum atomic E-state index is 13.6. The van der Waals surface area contributed by atoms with Crippen LogP contribution in [-0.4, -0.2) is 18.9 Å². The van der Waals surface area contributed by atoms with E-state index in [1.807, 2.05) is 0 Å². The number of carbonyl (C=O) groups is 2. The summed E-state index contributed by atoms with van der Waals surface area (Å²) in [5.41, 5.74) is -0.217. The van der Waals surface area contributed by atoms with Crippen LogP contribution in [0, 0.1) is 11.7 Å². The number of allylic oxidation sites excluding steroid dienone is 1. The highest BCUT2D eigenvalue weighted by Crippen LogP contribution is 2.43. The van der Waals surface area contributed by atoms with E-state index in [-0.39, 0.29) is 11.7 Å². The van der Waals surface area contributed by atoms with Gasteiger partial charge >= 0.3 is 5.97 Å². The number of halogens is 1. The molecule has 0 bridgehead atoms. The molecular formula is C16H17FO3. The lowest BCUT2D eigenvalue weighted by Gasteiger charge is -2.38. The number of rotatable bonds is 3. The summed E-state index contributed by atoms with van der Waals surface area (Å²) in [6, 6.07) is 3.95. The van der Waals surface area contributed by atoms with Gasteiger partial charge in [0.15, 0.2) is 5.78 Å². The molecule has 0 aliphatic heterocycles. The number of hydrogen-bond acceptors (Lipinski definition) is 3. The summed E-state index contributed by atoms with van der Waals surface area (Å²) in [4.78, 5) is 24.5. The summed E-state index contributed by atoms with van der Waals surface area (Å²) in [6.07, 6.45) is 2.23. The molecule has 0 saturated carbocycles. The zero-order chi connectivity index (χ0) is 14.9. The van der Waals surface area contributed by atoms with Gasteiger partial charge in [0, 0.05) is 11.5 Å². The molecule has 1 aliphatic carbocycles. The highest BCUT2D eigenvalue weighted by Gasteiger charge is 2.48. The maximum Gasteiger partial charge on any atom is 0.316 e. The number of fused-ring (bicyclic) bond motifs is 1. The summed E-state index contributed by atoms with van der Waals surface area (Å²) in [5.74, 6) is -1.30. The van der Waals surface area contributed by atoms with Crippen molar-refractivity contribution in [3.05, 3.63) is 47.8 Å². The number of benzene rings is 1. The SMILES string of the molecule is C=CC[C@]1(C(=O)OC)C[C@@H](C)C(=O)c2ccc(F)cc21. The first-order chi connectivity index (χ1) is 9.46. The molecule has 4 heteroatoms. The molecule has 2 atom stereocenters. The Morgan fingerprint density at radius 1 is 1.60 bits per heavy atom. The molecular weight excluding hydrogens is 259 g/mol. The Kier molecular flexibility index (Phi) is 3.75. The molecule has 0 radical (unpaired) electrons. The fourth-order valence-electron chi connectivity index (χ4n) is 3.03. The molecule has 0 spiro atoms. The Morgan fingerprint density at radius 2 is 2.30 bits per heavy atom. The molecule has 0 unspecified atom stereocenters. The van der Waals surface area contributed by atoms with Crippen LogP contribution in [-0.2, 0) is 14.9 Å². The van der Waals surface area contributed by atoms with Crippen molar-refractivity contribution in [3.8, 4) is 0 Å². The van der Waals surface area contributed by atoms with Crippen LogP contribution in [0.2, 0.25) is 0 Å². The van der Waals surface area contributed by atoms with Gasteiger partial charge in [0.05, 0.1) is 12.5 Å². The molecule has 3 nitrogen and oxygen atoms in total. The third kappa shape index (κ3) is 2.05. The van der Waals surface area contributed by atoms with Gasteiger partial charge in [0.1, 0.15) is 5.82 Å². The third-order valence-electron chi connectivity index (χ3n) is 3.93. The Labute approximate surface area is 117 Å². The molecule has 0 fully saturated rings. The molecule has 20 heavy (non-hydrogen) atoms. The van der Waals surface area contributed by atoms with Gasteiger partial charge in [-0.1, -0.05) is 13.0 Å². The molecule has 1 aromatic rings. The summed E-state index contributed by atoms with van der Waals surface area (Å²) in [5, 5.41) is 0. The summed E-state index contributed by atoms with van der Waals surface area (Å²) < 4.78 is 18.5. The van der Waals surface area contributed by atoms with E-state index in [1.165, 1.54) is 25.3 Å². The average Bonchev–Trinajstić information content (AvgIpc) is 2.43. The van der Waals surface area contributed by atoms with E-state index in [0.717, 1.165) is 0 Å². The minimum atomic E-state index is -1.03. The number of hydrogen-bond donors (Lipinski definition) is 0. The summed E-state index contributed by atoms with van der Waals surface area (Å²) >= 11 is 0. The number of ketones is 1. The third-order valence-corrected chi connectivity index (χ3v) is 3.93. The number of ether oxygens (including phenoxy) is 1. The highest BCUT2D eigenvalue weighted by atomic mass is 19.1. The van der Waals surface area contributed by atoms with E-state index in [2.05, 4.69) is 6.58 Å². The van der Waals surface area contributed by atoms with Gasteiger partial charge in [-0.2, -0.15) is 0 Å². The van der Waals surface area contributed by atoms with Crippen LogP contribution < -0.4 is 0 Å². The number of esters is 1. The molecule has 2 rings (SSSR count). The van der Waals surface area contributed by atoms with Crippen LogP contribution in [0.15, 0.2) is 30.9 Å². The second-order valence-electron chi connectivity index (χ2n) is 5.23. The Morgan fingerprint density at radius 3 is 2.90 bits per heavy atom. The largest absolute Gasteiger partial charge is 0.468 e. The molecule has 0 heterocycles. The first-order valence-corrected chi connectivity index (χ1v) is 6.50. The van der Waals surface area contributed by atoms with Gasteiger partial charge in [-0.3, -0.25) is 9.59 Å². The minimum Gasteiger partial charge on any atom is -0.468 e. The maximum absolute atomic E-state index is 13.6. The van der Waals surface area contributed by atoms with Crippen LogP contribution in [0.25, 0.3) is 0 Å². The predicted molar refractivity (Wildman–Crippen MR) is 73.0 cm³/mol. The van der Waals surface area contributed by atoms with Crippen molar-refractivity contribution in [2.75, 3.05) is 7.11 Å². The van der Waals surface area contributed by atoms with Crippen molar-refractivity contribution in [3.63, 3.8) is 0 Å². The van der Waals surface area contributed by atoms with Crippen molar-refractivity contribution in [1.82, 2.24) is 0 Å². The van der Waals surface area contributed by atoms with Gasteiger partial charge in [-0.25, -0.2) is 4.39 Å². The molecule has 0 N–H and O–H groups in total. The minimum absolute atomic E-state index is 0.0661. The summed E-state index contributed by atoms with van der Waals surface area (Å²) in [6.45, 7) is 5.44. The van der Waals surface area contributed by atoms with Crippen LogP contribution in [0.5, 0.6) is 0 Å². The van der Waals surface area contributed by atoms with Crippen molar-refractivity contribution < 1.29 is 18.7 Å². The molecule has 1 aliphatic rings. The smallest absolute Gasteiger partial charge is 0.316 e. The van der Waals surface area contributed by atoms with Gasteiger partial charge in [0.25, 0.3) is 0 Å². The fourth-order valence-corrected chi connectivity index (χ4v) is 3.03. The van der Waals surface area contributed by atoms with Gasteiger partial charge < -0.3 is 4.74 Å². The average molecular weight is 276 g/mol. The zero-order valence-electron chi connectivity index (χ0n) is 11.6. The van der Waals surface area contributed by atoms with Crippen molar-refractivity contribution >= 4 is 11.8 Å². The molecule has 106 valence electrons. The molecule has 0 saturated heterocycles. The summed E-state index contributed by atoms with van der Waals surface area (Å²) in [7, 11) is 1.30. The van der Waals surface area contributed by atoms with E-state index in [1.54, 1.807) is 13.0 Å². The van der Waals surface area contributed by atoms with E-state index in [0.29, 0.717) is 24.0 Å². The molecule has 0 aromatic heterocycles. The fraction of sp³-hybridized carbons (Fsp3) is 0.375. The normalized spacial score (nSPS) is 24.9. The predicted octanol–water partition coefficient (Wildman–Crippen LogP) is 3.04. The van der Waals surface area contributed by atoms with Gasteiger partial charge in [-0.15, -0.1) is 6.58 Å². The van der Waals surface area contributed by atoms with Gasteiger partial charge in [-0.05, 0) is 36.6 Å². The quantitative estimate of drug-likeness (QED) is 0.629. The Bertz CT molecular complexity index is 579. The van der Waals surface area contributed by atoms with E-state index in [4.69, 9.17) is 4.74 Å². The monoisotopic (exact) mass is 276 g/mol. The molecule has 1 aromatic carbocycles. The van der Waals surface area contributed by atoms with Crippen LogP contribution >= 0.6 is 0 Å². The lowest BCUT2D eigenvalue weighted by atomic mass is 9.64. The Hall–Kier alpha value is -1.97. The zero-order valence-corrected chi connectivity index (χ0v) is 11.6. The first-order valence-electron chi connectivity index (χ1n) is 6.50. The topological polar surface area (TPSA) is 43.4 Å². The second-order valence-corrected chi connectivity index (χ2v) is 5.23. The lowest BCUT2D eigenvalue weighted by Crippen LogP contribution is -2.44. The Balaban J connectivity index is 2.72. The van der Waals surface area contributed by atoms with Crippen LogP contribution in [0.3, 0.4) is 0 Å². The van der Waals surface area contributed by atoms with Crippen molar-refractivity contribution in [2.45, 2.75) is 25.2 Å². The van der Waals surface area contributed by atoms with E-state index in [9.17, 15) is 14.0 Å².